The van der Waals surface area contributed by atoms with Crippen LogP contribution < -0.4 is 15.6 Å². The quantitative estimate of drug-likeness (QED) is 0.338. The van der Waals surface area contributed by atoms with Gasteiger partial charge in [0.2, 0.25) is 0 Å². The Labute approximate surface area is 200 Å². The zero-order chi connectivity index (χ0) is 24.9. The molecule has 0 unspecified atom stereocenters. The minimum atomic E-state index is -1.06. The van der Waals surface area contributed by atoms with Crippen LogP contribution >= 0.6 is 0 Å². The molecular weight excluding hydrogens is 434 g/mol. The number of carbonyl (C=O) groups excluding carboxylic acids is 1. The lowest BCUT2D eigenvalue weighted by Gasteiger charge is -2.24. The minimum Gasteiger partial charge on any atom is -0.476 e. The lowest BCUT2D eigenvalue weighted by molar-refractivity contribution is -0.158. The van der Waals surface area contributed by atoms with Gasteiger partial charge in [-0.15, -0.1) is 0 Å². The molecule has 0 saturated heterocycles. The summed E-state index contributed by atoms with van der Waals surface area (Å²) in [4.78, 5) is 29.8. The van der Waals surface area contributed by atoms with Gasteiger partial charge in [0.25, 0.3) is 5.56 Å². The van der Waals surface area contributed by atoms with Crippen LogP contribution in [-0.4, -0.2) is 44.1 Å². The molecule has 0 radical (unpaired) electrons. The maximum atomic E-state index is 13.1. The fraction of sp³-hybridized carbons (Fsp3) is 0.520. The summed E-state index contributed by atoms with van der Waals surface area (Å²) in [6.45, 7) is 10.6. The van der Waals surface area contributed by atoms with Crippen molar-refractivity contribution in [1.29, 1.82) is 0 Å². The Morgan fingerprint density at radius 3 is 2.53 bits per heavy atom. The van der Waals surface area contributed by atoms with E-state index in [4.69, 9.17) is 9.47 Å². The number of benzene rings is 1. The number of hydrogen-bond acceptors (Lipinski definition) is 7. The van der Waals surface area contributed by atoms with Gasteiger partial charge in [-0.1, -0.05) is 13.3 Å². The highest BCUT2D eigenvalue weighted by molar-refractivity contribution is 5.79. The molecule has 9 nitrogen and oxygen atoms in total. The minimum absolute atomic E-state index is 0.0504. The smallest absolute Gasteiger partial charge is 0.349 e. The zero-order valence-electron chi connectivity index (χ0n) is 21.0. The van der Waals surface area contributed by atoms with Crippen LogP contribution in [0.3, 0.4) is 0 Å². The molecule has 0 bridgehead atoms. The van der Waals surface area contributed by atoms with Crippen molar-refractivity contribution in [2.24, 2.45) is 7.05 Å². The first-order chi connectivity index (χ1) is 16.2. The maximum absolute atomic E-state index is 13.1. The van der Waals surface area contributed by atoms with Crippen molar-refractivity contribution in [3.63, 3.8) is 0 Å². The zero-order valence-corrected chi connectivity index (χ0v) is 21.0. The van der Waals surface area contributed by atoms with Gasteiger partial charge < -0.3 is 14.8 Å². The molecule has 2 aromatic heterocycles. The molecule has 9 heteroatoms. The van der Waals surface area contributed by atoms with E-state index in [1.54, 1.807) is 37.1 Å². The summed E-state index contributed by atoms with van der Waals surface area (Å²) in [5, 5.41) is 7.86. The van der Waals surface area contributed by atoms with Crippen LogP contribution in [0.4, 0.5) is 5.69 Å². The maximum Gasteiger partial charge on any atom is 0.349 e. The standard InChI is InChI=1S/C25H35N5O4/c1-7-10-20-21-22(29(6)28-20)23(31)30(17(3)27-21)16-9-15-26-18-11-13-19(14-12-18)34-25(4,5)24(32)33-8-2/h11-14,26H,7-10,15-16H2,1-6H3. The van der Waals surface area contributed by atoms with E-state index in [9.17, 15) is 9.59 Å². The molecule has 0 atom stereocenters. The Kier molecular flexibility index (Phi) is 7.96. The third-order valence-electron chi connectivity index (χ3n) is 5.57. The molecule has 0 aliphatic carbocycles. The summed E-state index contributed by atoms with van der Waals surface area (Å²) in [7, 11) is 1.80. The Bertz CT molecular complexity index is 1190. The molecule has 0 saturated carbocycles. The summed E-state index contributed by atoms with van der Waals surface area (Å²) < 4.78 is 14.2. The molecule has 1 N–H and O–H groups in total. The number of rotatable bonds is 11. The summed E-state index contributed by atoms with van der Waals surface area (Å²) in [6.07, 6.45) is 2.51. The lowest BCUT2D eigenvalue weighted by atomic mass is 10.1. The topological polar surface area (TPSA) is 100 Å². The van der Waals surface area contributed by atoms with Gasteiger partial charge in [-0.2, -0.15) is 5.10 Å². The van der Waals surface area contributed by atoms with Crippen molar-refractivity contribution in [1.82, 2.24) is 19.3 Å². The fourth-order valence-electron chi connectivity index (χ4n) is 3.84. The number of hydrogen-bond donors (Lipinski definition) is 1. The number of aryl methyl sites for hydroxylation is 3. The molecule has 0 amide bonds. The number of ether oxygens (including phenoxy) is 2. The van der Waals surface area contributed by atoms with E-state index in [-0.39, 0.29) is 5.56 Å². The van der Waals surface area contributed by atoms with Crippen LogP contribution in [0.15, 0.2) is 29.1 Å². The van der Waals surface area contributed by atoms with E-state index >= 15 is 0 Å². The highest BCUT2D eigenvalue weighted by atomic mass is 16.6. The fourth-order valence-corrected chi connectivity index (χ4v) is 3.84. The molecule has 1 aromatic carbocycles. The molecule has 0 spiro atoms. The summed E-state index contributed by atoms with van der Waals surface area (Å²) in [5.41, 5.74) is 1.97. The predicted molar refractivity (Wildman–Crippen MR) is 132 cm³/mol. The first-order valence-corrected chi connectivity index (χ1v) is 11.8. The van der Waals surface area contributed by atoms with Gasteiger partial charge in [-0.05, 0) is 64.8 Å². The van der Waals surface area contributed by atoms with E-state index in [1.807, 2.05) is 31.2 Å². The first-order valence-electron chi connectivity index (χ1n) is 11.8. The van der Waals surface area contributed by atoms with Gasteiger partial charge in [0.15, 0.2) is 11.1 Å². The normalized spacial score (nSPS) is 11.6. The van der Waals surface area contributed by atoms with E-state index in [0.717, 1.165) is 36.2 Å². The van der Waals surface area contributed by atoms with Gasteiger partial charge in [0.1, 0.15) is 17.1 Å². The molecule has 0 aliphatic heterocycles. The summed E-state index contributed by atoms with van der Waals surface area (Å²) in [6, 6.07) is 7.41. The molecule has 0 fully saturated rings. The lowest BCUT2D eigenvalue weighted by Crippen LogP contribution is -2.39. The Hall–Kier alpha value is -3.36. The van der Waals surface area contributed by atoms with Crippen LogP contribution in [0.25, 0.3) is 11.0 Å². The third kappa shape index (κ3) is 5.58. The van der Waals surface area contributed by atoms with Crippen molar-refractivity contribution in [2.45, 2.75) is 66.0 Å². The molecule has 184 valence electrons. The van der Waals surface area contributed by atoms with Gasteiger partial charge in [-0.3, -0.25) is 14.0 Å². The third-order valence-corrected chi connectivity index (χ3v) is 5.57. The number of fused-ring (bicyclic) bond motifs is 1. The molecule has 2 heterocycles. The Morgan fingerprint density at radius 1 is 1.18 bits per heavy atom. The second-order valence-corrected chi connectivity index (χ2v) is 8.77. The highest BCUT2D eigenvalue weighted by Gasteiger charge is 2.31. The highest BCUT2D eigenvalue weighted by Crippen LogP contribution is 2.22. The number of anilines is 1. The average molecular weight is 470 g/mol. The van der Waals surface area contributed by atoms with Crippen LogP contribution in [0, 0.1) is 6.92 Å². The SMILES string of the molecule is CCCc1nn(C)c2c(=O)n(CCCNc3ccc(OC(C)(C)C(=O)OCC)cc3)c(C)nc12. The average Bonchev–Trinajstić information content (AvgIpc) is 3.09. The molecular formula is C25H35N5O4. The number of aromatic nitrogens is 4. The van der Waals surface area contributed by atoms with Crippen molar-refractivity contribution in [2.75, 3.05) is 18.5 Å². The van der Waals surface area contributed by atoms with E-state index in [2.05, 4.69) is 22.3 Å². The van der Waals surface area contributed by atoms with E-state index < -0.39 is 11.6 Å². The number of esters is 1. The molecule has 34 heavy (non-hydrogen) atoms. The van der Waals surface area contributed by atoms with Crippen LogP contribution in [-0.2, 0) is 29.5 Å². The van der Waals surface area contributed by atoms with Gasteiger partial charge in [0.05, 0.1) is 12.3 Å². The van der Waals surface area contributed by atoms with E-state index in [1.165, 1.54) is 0 Å². The van der Waals surface area contributed by atoms with Gasteiger partial charge in [0, 0.05) is 25.8 Å². The van der Waals surface area contributed by atoms with Crippen molar-refractivity contribution < 1.29 is 14.3 Å². The summed E-state index contributed by atoms with van der Waals surface area (Å²) >= 11 is 0. The first kappa shape index (κ1) is 25.3. The monoisotopic (exact) mass is 469 g/mol. The Balaban J connectivity index is 1.59. The molecule has 3 aromatic rings. The van der Waals surface area contributed by atoms with Crippen molar-refractivity contribution >= 4 is 22.7 Å². The van der Waals surface area contributed by atoms with Gasteiger partial charge in [-0.25, -0.2) is 9.78 Å². The van der Waals surface area contributed by atoms with E-state index in [0.29, 0.717) is 36.8 Å². The second-order valence-electron chi connectivity index (χ2n) is 8.77. The molecule has 3 rings (SSSR count). The Morgan fingerprint density at radius 2 is 1.88 bits per heavy atom. The number of carbonyl (C=O) groups is 1. The number of nitrogens with one attached hydrogen (secondary N) is 1. The van der Waals surface area contributed by atoms with Gasteiger partial charge >= 0.3 is 5.97 Å². The number of nitrogens with zero attached hydrogens (tertiary/aromatic N) is 4. The largest absolute Gasteiger partial charge is 0.476 e. The van der Waals surface area contributed by atoms with Crippen LogP contribution in [0.1, 0.15) is 52.1 Å². The van der Waals surface area contributed by atoms with Crippen molar-refractivity contribution in [3.8, 4) is 5.75 Å². The summed E-state index contributed by atoms with van der Waals surface area (Å²) in [5.74, 6) is 0.889. The van der Waals surface area contributed by atoms with Crippen LogP contribution in [0.2, 0.25) is 0 Å². The molecule has 0 aliphatic rings. The van der Waals surface area contributed by atoms with Crippen molar-refractivity contribution in [3.05, 3.63) is 46.1 Å². The van der Waals surface area contributed by atoms with Crippen LogP contribution in [0.5, 0.6) is 5.75 Å². The predicted octanol–water partition coefficient (Wildman–Crippen LogP) is 3.61. The second kappa shape index (κ2) is 10.7.